The van der Waals surface area contributed by atoms with E-state index in [2.05, 4.69) is 37.1 Å². The molecule has 1 saturated heterocycles. The van der Waals surface area contributed by atoms with Gasteiger partial charge in [-0.05, 0) is 48.7 Å². The summed E-state index contributed by atoms with van der Waals surface area (Å²) in [6, 6.07) is 14.4. The van der Waals surface area contributed by atoms with Gasteiger partial charge in [0.05, 0.1) is 30.3 Å². The van der Waals surface area contributed by atoms with Crippen molar-refractivity contribution in [1.82, 2.24) is 19.9 Å². The van der Waals surface area contributed by atoms with Crippen LogP contribution in [0, 0.1) is 5.82 Å². The third-order valence-corrected chi connectivity index (χ3v) is 8.34. The highest BCUT2D eigenvalue weighted by Crippen LogP contribution is 2.26. The monoisotopic (exact) mass is 569 g/mol. The second-order valence-electron chi connectivity index (χ2n) is 9.83. The van der Waals surface area contributed by atoms with Crippen LogP contribution in [0.25, 0.3) is 11.0 Å². The summed E-state index contributed by atoms with van der Waals surface area (Å²) < 4.78 is 56.8. The zero-order valence-electron chi connectivity index (χ0n) is 22.3. The van der Waals surface area contributed by atoms with Crippen LogP contribution in [0.4, 0.5) is 31.8 Å². The standard InChI is InChI=1S/C28H33F2N7O2S/c1-2-22-19-36(14-12-31-22)23-8-9-26(24(30)16-23)33-28-32-17-20-10-13-37(27(20)34-28)18-21-6-3-4-7-25(21)35-40(38,39)15-5-11-29/h3-4,6-10,13,16-17,22,31,35H,2,5,11-12,14-15,18-19H2,1H3,(H,32,33,34). The summed E-state index contributed by atoms with van der Waals surface area (Å²) in [5.74, 6) is -0.442. The lowest BCUT2D eigenvalue weighted by Gasteiger charge is -2.35. The number of sulfonamides is 1. The number of piperazine rings is 1. The number of fused-ring (bicyclic) bond motifs is 1. The maximum Gasteiger partial charge on any atom is 0.232 e. The molecule has 0 aliphatic carbocycles. The van der Waals surface area contributed by atoms with Gasteiger partial charge in [-0.15, -0.1) is 0 Å². The third kappa shape index (κ3) is 6.50. The Morgan fingerprint density at radius 2 is 2.00 bits per heavy atom. The molecule has 1 atom stereocenters. The van der Waals surface area contributed by atoms with Crippen LogP contribution in [-0.2, 0) is 16.6 Å². The molecule has 5 rings (SSSR count). The predicted octanol–water partition coefficient (Wildman–Crippen LogP) is 4.65. The summed E-state index contributed by atoms with van der Waals surface area (Å²) in [7, 11) is -3.68. The second-order valence-corrected chi connectivity index (χ2v) is 11.7. The Hall–Kier alpha value is -3.77. The van der Waals surface area contributed by atoms with Crippen molar-refractivity contribution in [2.45, 2.75) is 32.4 Å². The quantitative estimate of drug-likeness (QED) is 0.242. The van der Waals surface area contributed by atoms with Gasteiger partial charge in [0, 0.05) is 49.1 Å². The molecule has 2 aromatic heterocycles. The topological polar surface area (TPSA) is 104 Å². The second kappa shape index (κ2) is 12.2. The van der Waals surface area contributed by atoms with Crippen LogP contribution < -0.4 is 20.3 Å². The smallest absolute Gasteiger partial charge is 0.232 e. The van der Waals surface area contributed by atoms with Gasteiger partial charge >= 0.3 is 0 Å². The predicted molar refractivity (Wildman–Crippen MR) is 155 cm³/mol. The molecule has 9 nitrogen and oxygen atoms in total. The van der Waals surface area contributed by atoms with Crippen LogP contribution in [0.2, 0.25) is 0 Å². The molecule has 212 valence electrons. The van der Waals surface area contributed by atoms with Crippen molar-refractivity contribution in [3.63, 3.8) is 0 Å². The van der Waals surface area contributed by atoms with Crippen molar-refractivity contribution in [2.24, 2.45) is 0 Å². The maximum atomic E-state index is 15.1. The molecular weight excluding hydrogens is 536 g/mol. The number of aromatic nitrogens is 3. The van der Waals surface area contributed by atoms with E-state index < -0.39 is 22.5 Å². The van der Waals surface area contributed by atoms with E-state index in [1.54, 1.807) is 24.4 Å². The van der Waals surface area contributed by atoms with Crippen LogP contribution >= 0.6 is 0 Å². The Labute approximate surface area is 232 Å². The molecule has 12 heteroatoms. The fraction of sp³-hybridized carbons (Fsp3) is 0.357. The Bertz CT molecular complexity index is 1580. The Morgan fingerprint density at radius 1 is 1.15 bits per heavy atom. The first-order chi connectivity index (χ1) is 19.3. The van der Waals surface area contributed by atoms with E-state index in [0.717, 1.165) is 42.7 Å². The molecule has 0 saturated carbocycles. The zero-order chi connectivity index (χ0) is 28.1. The van der Waals surface area contributed by atoms with Crippen molar-refractivity contribution >= 4 is 44.1 Å². The van der Waals surface area contributed by atoms with Gasteiger partial charge in [0.15, 0.2) is 0 Å². The van der Waals surface area contributed by atoms with E-state index in [0.29, 0.717) is 23.9 Å². The van der Waals surface area contributed by atoms with Crippen molar-refractivity contribution in [2.75, 3.05) is 47.0 Å². The van der Waals surface area contributed by atoms with E-state index in [1.807, 2.05) is 35.0 Å². The summed E-state index contributed by atoms with van der Waals surface area (Å²) in [5.41, 5.74) is 2.86. The lowest BCUT2D eigenvalue weighted by Crippen LogP contribution is -2.50. The van der Waals surface area contributed by atoms with Gasteiger partial charge in [-0.2, -0.15) is 4.98 Å². The van der Waals surface area contributed by atoms with Crippen molar-refractivity contribution in [3.8, 4) is 0 Å². The van der Waals surface area contributed by atoms with Gasteiger partial charge in [0.2, 0.25) is 16.0 Å². The van der Waals surface area contributed by atoms with Gasteiger partial charge in [-0.25, -0.2) is 17.8 Å². The van der Waals surface area contributed by atoms with Gasteiger partial charge in [-0.3, -0.25) is 9.11 Å². The Kier molecular flexibility index (Phi) is 8.46. The lowest BCUT2D eigenvalue weighted by molar-refractivity contribution is 0.446. The molecule has 3 N–H and O–H groups in total. The minimum atomic E-state index is -3.68. The summed E-state index contributed by atoms with van der Waals surface area (Å²) in [5, 5.41) is 7.25. The number of nitrogens with zero attached hydrogens (tertiary/aromatic N) is 4. The van der Waals surface area contributed by atoms with Gasteiger partial charge in [-0.1, -0.05) is 25.1 Å². The SMILES string of the molecule is CCC1CN(c2ccc(Nc3ncc4ccn(Cc5ccccc5NS(=O)(=O)CCCF)c4n3)c(F)c2)CCN1. The van der Waals surface area contributed by atoms with Crippen molar-refractivity contribution in [3.05, 3.63) is 72.3 Å². The van der Waals surface area contributed by atoms with Crippen LogP contribution in [-0.4, -0.2) is 61.1 Å². The highest BCUT2D eigenvalue weighted by molar-refractivity contribution is 7.92. The Balaban J connectivity index is 1.34. The number of nitrogens with one attached hydrogen (secondary N) is 3. The molecule has 0 radical (unpaired) electrons. The van der Waals surface area contributed by atoms with E-state index >= 15 is 4.39 Å². The van der Waals surface area contributed by atoms with Crippen LogP contribution in [0.15, 0.2) is 60.9 Å². The average Bonchev–Trinajstić information content (AvgIpc) is 3.35. The van der Waals surface area contributed by atoms with Crippen molar-refractivity contribution in [1.29, 1.82) is 0 Å². The normalized spacial score (nSPS) is 15.9. The molecule has 40 heavy (non-hydrogen) atoms. The number of benzene rings is 2. The van der Waals surface area contributed by atoms with E-state index in [1.165, 1.54) is 6.07 Å². The molecule has 0 spiro atoms. The number of alkyl halides is 1. The fourth-order valence-electron chi connectivity index (χ4n) is 4.82. The summed E-state index contributed by atoms with van der Waals surface area (Å²) >= 11 is 0. The molecule has 0 bridgehead atoms. The van der Waals surface area contributed by atoms with E-state index in [4.69, 9.17) is 0 Å². The minimum Gasteiger partial charge on any atom is -0.369 e. The molecule has 1 aliphatic rings. The molecular formula is C28H33F2N7O2S. The molecule has 2 aromatic carbocycles. The lowest BCUT2D eigenvalue weighted by atomic mass is 10.1. The minimum absolute atomic E-state index is 0.0647. The molecule has 1 fully saturated rings. The first-order valence-corrected chi connectivity index (χ1v) is 15.0. The van der Waals surface area contributed by atoms with Crippen LogP contribution in [0.5, 0.6) is 0 Å². The number of hydrogen-bond acceptors (Lipinski definition) is 7. The average molecular weight is 570 g/mol. The summed E-state index contributed by atoms with van der Waals surface area (Å²) in [4.78, 5) is 11.2. The number of halogens is 2. The van der Waals surface area contributed by atoms with Gasteiger partial charge in [0.1, 0.15) is 11.5 Å². The first kappa shape index (κ1) is 27.8. The van der Waals surface area contributed by atoms with Gasteiger partial charge < -0.3 is 20.1 Å². The highest BCUT2D eigenvalue weighted by Gasteiger charge is 2.19. The molecule has 3 heterocycles. The number of anilines is 4. The molecule has 0 amide bonds. The first-order valence-electron chi connectivity index (χ1n) is 13.4. The van der Waals surface area contributed by atoms with Crippen LogP contribution in [0.1, 0.15) is 25.3 Å². The third-order valence-electron chi connectivity index (χ3n) is 6.98. The summed E-state index contributed by atoms with van der Waals surface area (Å²) in [6.07, 6.45) is 4.45. The number of hydrogen-bond donors (Lipinski definition) is 3. The largest absolute Gasteiger partial charge is 0.369 e. The molecule has 1 unspecified atom stereocenters. The Morgan fingerprint density at radius 3 is 2.80 bits per heavy atom. The van der Waals surface area contributed by atoms with Crippen molar-refractivity contribution < 1.29 is 17.2 Å². The van der Waals surface area contributed by atoms with E-state index in [-0.39, 0.29) is 23.8 Å². The summed E-state index contributed by atoms with van der Waals surface area (Å²) in [6.45, 7) is 4.29. The number of rotatable bonds is 11. The van der Waals surface area contributed by atoms with Gasteiger partial charge in [0.25, 0.3) is 0 Å². The van der Waals surface area contributed by atoms with E-state index in [9.17, 15) is 12.8 Å². The molecule has 1 aliphatic heterocycles. The zero-order valence-corrected chi connectivity index (χ0v) is 23.1. The number of para-hydroxylation sites is 1. The molecule has 4 aromatic rings. The fourth-order valence-corrected chi connectivity index (χ4v) is 5.94. The van der Waals surface area contributed by atoms with Crippen LogP contribution in [0.3, 0.4) is 0 Å². The maximum absolute atomic E-state index is 15.1. The highest BCUT2D eigenvalue weighted by atomic mass is 32.2.